The van der Waals surface area contributed by atoms with Crippen LogP contribution in [0.2, 0.25) is 0 Å². The van der Waals surface area contributed by atoms with Gasteiger partial charge in [0, 0.05) is 54.2 Å². The predicted molar refractivity (Wildman–Crippen MR) is 126 cm³/mol. The molecular weight excluding hydrogens is 452 g/mol. The molecule has 0 N–H and O–H groups in total. The first-order chi connectivity index (χ1) is 16.9. The Morgan fingerprint density at radius 2 is 1.89 bits per heavy atom. The van der Waals surface area contributed by atoms with Crippen LogP contribution in [0.25, 0.3) is 22.2 Å². The fourth-order valence-electron chi connectivity index (χ4n) is 4.84. The summed E-state index contributed by atoms with van der Waals surface area (Å²) in [4.78, 5) is 22.4. The molecule has 2 aliphatic rings. The van der Waals surface area contributed by atoms with Crippen LogP contribution in [0.15, 0.2) is 41.5 Å². The van der Waals surface area contributed by atoms with E-state index < -0.39 is 11.6 Å². The molecule has 1 aromatic carbocycles. The van der Waals surface area contributed by atoms with Gasteiger partial charge in [0.25, 0.3) is 5.56 Å². The monoisotopic (exact) mass is 477 g/mol. The number of halogens is 2. The zero-order valence-corrected chi connectivity index (χ0v) is 19.5. The molecule has 2 unspecified atom stereocenters. The Labute approximate surface area is 200 Å². The molecule has 3 aromatic heterocycles. The average Bonchev–Trinajstić information content (AvgIpc) is 3.59. The first-order valence-electron chi connectivity index (χ1n) is 11.9. The van der Waals surface area contributed by atoms with Gasteiger partial charge in [-0.25, -0.2) is 18.7 Å². The van der Waals surface area contributed by atoms with Gasteiger partial charge < -0.3 is 4.74 Å². The van der Waals surface area contributed by atoms with Gasteiger partial charge in [-0.1, -0.05) is 0 Å². The van der Waals surface area contributed by atoms with E-state index in [1.807, 2.05) is 10.9 Å². The number of fused-ring (bicyclic) bond motifs is 1. The zero-order valence-electron chi connectivity index (χ0n) is 19.5. The lowest BCUT2D eigenvalue weighted by Gasteiger charge is -2.29. The quantitative estimate of drug-likeness (QED) is 0.424. The molecule has 9 heteroatoms. The Morgan fingerprint density at radius 1 is 1.06 bits per heavy atom. The Balaban J connectivity index is 1.45. The summed E-state index contributed by atoms with van der Waals surface area (Å²) in [6.07, 6.45) is 7.48. The molecule has 180 valence electrons. The van der Waals surface area contributed by atoms with Crippen molar-refractivity contribution in [2.45, 2.75) is 50.7 Å². The van der Waals surface area contributed by atoms with E-state index in [9.17, 15) is 13.6 Å². The molecule has 4 heterocycles. The summed E-state index contributed by atoms with van der Waals surface area (Å²) in [5.41, 5.74) is 2.53. The van der Waals surface area contributed by atoms with Gasteiger partial charge in [-0.15, -0.1) is 0 Å². The maximum absolute atomic E-state index is 14.9. The summed E-state index contributed by atoms with van der Waals surface area (Å²) in [6.45, 7) is 2.25. The highest BCUT2D eigenvalue weighted by Crippen LogP contribution is 2.40. The van der Waals surface area contributed by atoms with E-state index in [1.165, 1.54) is 16.7 Å². The Kier molecular flexibility index (Phi) is 5.25. The van der Waals surface area contributed by atoms with Crippen molar-refractivity contribution in [3.05, 3.63) is 75.7 Å². The second-order valence-electron chi connectivity index (χ2n) is 9.50. The maximum Gasteiger partial charge on any atom is 0.279 e. The highest BCUT2D eigenvalue weighted by Gasteiger charge is 2.30. The minimum atomic E-state index is -0.707. The molecule has 4 aromatic rings. The van der Waals surface area contributed by atoms with Crippen LogP contribution in [0.1, 0.15) is 60.8 Å². The van der Waals surface area contributed by atoms with Gasteiger partial charge in [-0.3, -0.25) is 14.0 Å². The SMILES string of the molecule is Cc1nc2c(-c3ccc(F)cc3F)cc(C3CCOC(c4cnn(C5CC5)c4)C3)nc2c(=O)n1C. The van der Waals surface area contributed by atoms with Crippen molar-refractivity contribution in [3.63, 3.8) is 0 Å². The molecule has 1 saturated heterocycles. The minimum Gasteiger partial charge on any atom is -0.373 e. The van der Waals surface area contributed by atoms with Gasteiger partial charge in [-0.2, -0.15) is 5.10 Å². The highest BCUT2D eigenvalue weighted by molar-refractivity contribution is 5.91. The van der Waals surface area contributed by atoms with Crippen molar-refractivity contribution in [1.29, 1.82) is 0 Å². The Hall–Kier alpha value is -3.46. The number of hydrogen-bond donors (Lipinski definition) is 0. The minimum absolute atomic E-state index is 0.00399. The molecule has 1 saturated carbocycles. The van der Waals surface area contributed by atoms with Crippen LogP contribution in [0, 0.1) is 18.6 Å². The van der Waals surface area contributed by atoms with Gasteiger partial charge in [0.1, 0.15) is 23.0 Å². The van der Waals surface area contributed by atoms with Crippen LogP contribution in [0.5, 0.6) is 0 Å². The van der Waals surface area contributed by atoms with Gasteiger partial charge in [0.05, 0.1) is 18.3 Å². The summed E-state index contributed by atoms with van der Waals surface area (Å²) >= 11 is 0. The molecule has 1 aliphatic carbocycles. The number of benzene rings is 1. The summed E-state index contributed by atoms with van der Waals surface area (Å²) in [5, 5.41) is 4.49. The van der Waals surface area contributed by atoms with Crippen molar-refractivity contribution < 1.29 is 13.5 Å². The summed E-state index contributed by atoms with van der Waals surface area (Å²) in [6, 6.07) is 5.73. The van der Waals surface area contributed by atoms with Crippen LogP contribution in [0.3, 0.4) is 0 Å². The third kappa shape index (κ3) is 3.93. The van der Waals surface area contributed by atoms with Gasteiger partial charge >= 0.3 is 0 Å². The summed E-state index contributed by atoms with van der Waals surface area (Å²) < 4.78 is 38.0. The summed E-state index contributed by atoms with van der Waals surface area (Å²) in [7, 11) is 1.64. The molecule has 35 heavy (non-hydrogen) atoms. The van der Waals surface area contributed by atoms with Crippen molar-refractivity contribution >= 4 is 11.0 Å². The lowest BCUT2D eigenvalue weighted by Crippen LogP contribution is -2.24. The average molecular weight is 478 g/mol. The number of pyridine rings is 1. The van der Waals surface area contributed by atoms with Crippen molar-refractivity contribution in [2.75, 3.05) is 6.61 Å². The van der Waals surface area contributed by atoms with Gasteiger partial charge in [0.2, 0.25) is 0 Å². The van der Waals surface area contributed by atoms with Crippen molar-refractivity contribution in [1.82, 2.24) is 24.3 Å². The number of rotatable bonds is 4. The lowest BCUT2D eigenvalue weighted by molar-refractivity contribution is 0.00464. The predicted octanol–water partition coefficient (Wildman–Crippen LogP) is 4.75. The second kappa shape index (κ2) is 8.34. The first kappa shape index (κ1) is 22.0. The van der Waals surface area contributed by atoms with Crippen LogP contribution < -0.4 is 5.56 Å². The summed E-state index contributed by atoms with van der Waals surface area (Å²) in [5.74, 6) is -0.889. The Bertz CT molecular complexity index is 1510. The molecular formula is C26H25F2N5O2. The molecule has 6 rings (SSSR count). The van der Waals surface area contributed by atoms with E-state index in [4.69, 9.17) is 9.72 Å². The van der Waals surface area contributed by atoms with Crippen LogP contribution in [-0.4, -0.2) is 30.9 Å². The fourth-order valence-corrected chi connectivity index (χ4v) is 4.84. The van der Waals surface area contributed by atoms with E-state index >= 15 is 0 Å². The highest BCUT2D eigenvalue weighted by atomic mass is 19.1. The van der Waals surface area contributed by atoms with Crippen molar-refractivity contribution in [3.8, 4) is 11.1 Å². The molecule has 0 bridgehead atoms. The van der Waals surface area contributed by atoms with E-state index in [-0.39, 0.29) is 28.7 Å². The third-order valence-corrected chi connectivity index (χ3v) is 7.12. The van der Waals surface area contributed by atoms with E-state index in [0.29, 0.717) is 41.7 Å². The van der Waals surface area contributed by atoms with E-state index in [0.717, 1.165) is 30.9 Å². The molecule has 0 amide bonds. The van der Waals surface area contributed by atoms with Gasteiger partial charge in [-0.05, 0) is 50.8 Å². The largest absolute Gasteiger partial charge is 0.373 e. The van der Waals surface area contributed by atoms with Crippen molar-refractivity contribution in [2.24, 2.45) is 7.05 Å². The normalized spacial score (nSPS) is 20.5. The third-order valence-electron chi connectivity index (χ3n) is 7.12. The number of aromatic nitrogens is 5. The molecule has 2 atom stereocenters. The fraction of sp³-hybridized carbons (Fsp3) is 0.385. The standard InChI is InChI=1S/C26H25F2N5O2/c1-14-30-24-20(19-6-3-17(27)10-21(19)28)11-22(31-25(24)26(34)32(14)2)15-7-8-35-23(9-15)16-12-29-33(13-16)18-4-5-18/h3,6,10-13,15,18,23H,4-5,7-9H2,1-2H3. The number of aryl methyl sites for hydroxylation is 1. The number of ether oxygens (including phenoxy) is 1. The lowest BCUT2D eigenvalue weighted by atomic mass is 9.88. The molecule has 1 aliphatic heterocycles. The van der Waals surface area contributed by atoms with Crippen LogP contribution >= 0.6 is 0 Å². The van der Waals surface area contributed by atoms with Gasteiger partial charge in [0.15, 0.2) is 5.52 Å². The number of nitrogens with zero attached hydrogens (tertiary/aromatic N) is 5. The van der Waals surface area contributed by atoms with E-state index in [2.05, 4.69) is 16.3 Å². The van der Waals surface area contributed by atoms with Crippen LogP contribution in [0.4, 0.5) is 8.78 Å². The zero-order chi connectivity index (χ0) is 24.3. The van der Waals surface area contributed by atoms with Crippen LogP contribution in [-0.2, 0) is 11.8 Å². The molecule has 0 spiro atoms. The molecule has 7 nitrogen and oxygen atoms in total. The first-order valence-corrected chi connectivity index (χ1v) is 11.9. The smallest absolute Gasteiger partial charge is 0.279 e. The number of hydrogen-bond acceptors (Lipinski definition) is 5. The topological polar surface area (TPSA) is 74.8 Å². The molecule has 0 radical (unpaired) electrons. The van der Waals surface area contributed by atoms with E-state index in [1.54, 1.807) is 20.0 Å². The second-order valence-corrected chi connectivity index (χ2v) is 9.50. The maximum atomic E-state index is 14.9. The molecule has 2 fully saturated rings. The Morgan fingerprint density at radius 3 is 2.66 bits per heavy atom.